The van der Waals surface area contributed by atoms with Gasteiger partial charge in [-0.15, -0.1) is 24.0 Å². The molecule has 1 saturated carbocycles. The van der Waals surface area contributed by atoms with Crippen LogP contribution in [0, 0.1) is 0 Å². The van der Waals surface area contributed by atoms with Crippen molar-refractivity contribution in [3.05, 3.63) is 53.7 Å². The van der Waals surface area contributed by atoms with Gasteiger partial charge in [0.2, 0.25) is 5.88 Å². The fourth-order valence-electron chi connectivity index (χ4n) is 3.14. The maximum atomic E-state index is 5.91. The molecule has 0 radical (unpaired) electrons. The molecule has 0 bridgehead atoms. The smallest absolute Gasteiger partial charge is 0.213 e. The molecule has 3 rings (SSSR count). The molecule has 1 aromatic carbocycles. The first-order valence-corrected chi connectivity index (χ1v) is 9.46. The molecule has 7 heteroatoms. The number of pyridine rings is 1. The van der Waals surface area contributed by atoms with Crippen LogP contribution in [-0.2, 0) is 13.1 Å². The van der Waals surface area contributed by atoms with Gasteiger partial charge >= 0.3 is 0 Å². The summed E-state index contributed by atoms with van der Waals surface area (Å²) in [6.07, 6.45) is 6.98. The standard InChI is InChI=1S/C21H28N4O2.HI/c1-22-21(24-13-16-6-5-9-19(12-16)26-2)25-15-17-10-11-20(23-14-17)27-18-7-3-4-8-18;/h5-6,9-12,14,18H,3-4,7-8,13,15H2,1-2H3,(H2,22,24,25);1H. The van der Waals surface area contributed by atoms with Crippen molar-refractivity contribution < 1.29 is 9.47 Å². The number of rotatable bonds is 7. The Balaban J connectivity index is 0.00000280. The van der Waals surface area contributed by atoms with Gasteiger partial charge in [0.1, 0.15) is 11.9 Å². The summed E-state index contributed by atoms with van der Waals surface area (Å²) in [5, 5.41) is 6.61. The molecule has 1 aromatic heterocycles. The van der Waals surface area contributed by atoms with Crippen molar-refractivity contribution in [1.29, 1.82) is 0 Å². The summed E-state index contributed by atoms with van der Waals surface area (Å²) in [7, 11) is 3.43. The van der Waals surface area contributed by atoms with Crippen molar-refractivity contribution in [2.24, 2.45) is 4.99 Å². The van der Waals surface area contributed by atoms with Crippen LogP contribution in [0.1, 0.15) is 36.8 Å². The number of aromatic nitrogens is 1. The molecule has 152 valence electrons. The first-order chi connectivity index (χ1) is 13.3. The Morgan fingerprint density at radius 2 is 1.86 bits per heavy atom. The van der Waals surface area contributed by atoms with Crippen molar-refractivity contribution in [2.45, 2.75) is 44.9 Å². The Labute approximate surface area is 184 Å². The van der Waals surface area contributed by atoms with Crippen molar-refractivity contribution in [1.82, 2.24) is 15.6 Å². The lowest BCUT2D eigenvalue weighted by Gasteiger charge is -2.14. The number of hydrogen-bond donors (Lipinski definition) is 2. The molecule has 6 nitrogen and oxygen atoms in total. The third kappa shape index (κ3) is 6.85. The van der Waals surface area contributed by atoms with Gasteiger partial charge in [-0.05, 0) is 48.9 Å². The van der Waals surface area contributed by atoms with Crippen LogP contribution in [0.25, 0.3) is 0 Å². The number of methoxy groups -OCH3 is 1. The summed E-state index contributed by atoms with van der Waals surface area (Å²) in [5.41, 5.74) is 2.21. The van der Waals surface area contributed by atoms with Gasteiger partial charge in [0.15, 0.2) is 5.96 Å². The molecule has 1 fully saturated rings. The molecule has 0 saturated heterocycles. The number of halogens is 1. The molecule has 0 spiro atoms. The number of guanidine groups is 1. The Morgan fingerprint density at radius 1 is 1.11 bits per heavy atom. The summed E-state index contributed by atoms with van der Waals surface area (Å²) >= 11 is 0. The third-order valence-electron chi connectivity index (χ3n) is 4.66. The normalized spacial score (nSPS) is 14.3. The Kier molecular flexibility index (Phi) is 9.33. The first-order valence-electron chi connectivity index (χ1n) is 9.46. The quantitative estimate of drug-likeness (QED) is 0.346. The second-order valence-electron chi connectivity index (χ2n) is 6.66. The molecule has 0 unspecified atom stereocenters. The molecule has 0 atom stereocenters. The van der Waals surface area contributed by atoms with Crippen molar-refractivity contribution >= 4 is 29.9 Å². The van der Waals surface area contributed by atoms with Crippen LogP contribution in [0.2, 0.25) is 0 Å². The number of aliphatic imine (C=N–C) groups is 1. The van der Waals surface area contributed by atoms with E-state index in [0.29, 0.717) is 25.1 Å². The van der Waals surface area contributed by atoms with E-state index < -0.39 is 0 Å². The van der Waals surface area contributed by atoms with E-state index in [1.54, 1.807) is 14.2 Å². The van der Waals surface area contributed by atoms with Gasteiger partial charge in [-0.25, -0.2) is 4.98 Å². The highest BCUT2D eigenvalue weighted by molar-refractivity contribution is 14.0. The predicted octanol–water partition coefficient (Wildman–Crippen LogP) is 3.89. The molecular weight excluding hydrogens is 467 g/mol. The summed E-state index contributed by atoms with van der Waals surface area (Å²) in [6.45, 7) is 1.32. The van der Waals surface area contributed by atoms with E-state index in [9.17, 15) is 0 Å². The van der Waals surface area contributed by atoms with Gasteiger partial charge in [-0.2, -0.15) is 0 Å². The molecule has 2 aromatic rings. The molecule has 1 aliphatic rings. The third-order valence-corrected chi connectivity index (χ3v) is 4.66. The fraction of sp³-hybridized carbons (Fsp3) is 0.429. The van der Waals surface area contributed by atoms with E-state index in [-0.39, 0.29) is 24.0 Å². The number of hydrogen-bond acceptors (Lipinski definition) is 4. The highest BCUT2D eigenvalue weighted by atomic mass is 127. The van der Waals surface area contributed by atoms with Crippen molar-refractivity contribution in [2.75, 3.05) is 14.2 Å². The second kappa shape index (κ2) is 11.7. The highest BCUT2D eigenvalue weighted by Gasteiger charge is 2.16. The van der Waals surface area contributed by atoms with E-state index >= 15 is 0 Å². The minimum Gasteiger partial charge on any atom is -0.497 e. The fourth-order valence-corrected chi connectivity index (χ4v) is 3.14. The van der Waals surface area contributed by atoms with Crippen LogP contribution >= 0.6 is 24.0 Å². The molecule has 1 heterocycles. The minimum absolute atomic E-state index is 0. The van der Waals surface area contributed by atoms with Gasteiger partial charge in [-0.3, -0.25) is 4.99 Å². The Hall–Kier alpha value is -2.03. The average Bonchev–Trinajstić information content (AvgIpc) is 3.22. The van der Waals surface area contributed by atoms with Gasteiger partial charge in [-0.1, -0.05) is 18.2 Å². The molecule has 2 N–H and O–H groups in total. The zero-order valence-corrected chi connectivity index (χ0v) is 18.8. The van der Waals surface area contributed by atoms with Crippen molar-refractivity contribution in [3.8, 4) is 11.6 Å². The maximum Gasteiger partial charge on any atom is 0.213 e. The molecule has 28 heavy (non-hydrogen) atoms. The van der Waals surface area contributed by atoms with Gasteiger partial charge < -0.3 is 20.1 Å². The van der Waals surface area contributed by atoms with Gasteiger partial charge in [0.25, 0.3) is 0 Å². The Bertz CT molecular complexity index is 746. The molecule has 0 aliphatic heterocycles. The molecule has 0 amide bonds. The summed E-state index contributed by atoms with van der Waals surface area (Å²) < 4.78 is 11.2. The van der Waals surface area contributed by atoms with Crippen LogP contribution in [0.4, 0.5) is 0 Å². The Morgan fingerprint density at radius 3 is 2.50 bits per heavy atom. The zero-order chi connectivity index (χ0) is 18.9. The highest BCUT2D eigenvalue weighted by Crippen LogP contribution is 2.22. The maximum absolute atomic E-state index is 5.91. The van der Waals surface area contributed by atoms with Crippen LogP contribution in [0.5, 0.6) is 11.6 Å². The van der Waals surface area contributed by atoms with Gasteiger partial charge in [0, 0.05) is 32.4 Å². The van der Waals surface area contributed by atoms with Crippen LogP contribution in [-0.4, -0.2) is 31.2 Å². The number of nitrogens with one attached hydrogen (secondary N) is 2. The number of nitrogens with zero attached hydrogens (tertiary/aromatic N) is 2. The first kappa shape index (κ1) is 22.3. The van der Waals surface area contributed by atoms with E-state index in [4.69, 9.17) is 9.47 Å². The topological polar surface area (TPSA) is 67.8 Å². The van der Waals surface area contributed by atoms with E-state index in [0.717, 1.165) is 35.7 Å². The lowest BCUT2D eigenvalue weighted by molar-refractivity contribution is 0.201. The van der Waals surface area contributed by atoms with Crippen LogP contribution in [0.15, 0.2) is 47.6 Å². The SMILES string of the molecule is CN=C(NCc1ccc(OC2CCCC2)nc1)NCc1cccc(OC)c1.I. The average molecular weight is 496 g/mol. The summed E-state index contributed by atoms with van der Waals surface area (Å²) in [6, 6.07) is 12.0. The van der Waals surface area contributed by atoms with Crippen LogP contribution in [0.3, 0.4) is 0 Å². The zero-order valence-electron chi connectivity index (χ0n) is 16.5. The summed E-state index contributed by atoms with van der Waals surface area (Å²) in [4.78, 5) is 8.69. The van der Waals surface area contributed by atoms with Crippen molar-refractivity contribution in [3.63, 3.8) is 0 Å². The van der Waals surface area contributed by atoms with E-state index in [1.807, 2.05) is 36.5 Å². The number of benzene rings is 1. The van der Waals surface area contributed by atoms with E-state index in [1.165, 1.54) is 12.8 Å². The molecule has 1 aliphatic carbocycles. The van der Waals surface area contributed by atoms with E-state index in [2.05, 4.69) is 26.7 Å². The lowest BCUT2D eigenvalue weighted by Crippen LogP contribution is -2.36. The monoisotopic (exact) mass is 496 g/mol. The largest absolute Gasteiger partial charge is 0.497 e. The summed E-state index contributed by atoms with van der Waals surface area (Å²) in [5.74, 6) is 2.30. The minimum atomic E-state index is 0. The second-order valence-corrected chi connectivity index (χ2v) is 6.66. The predicted molar refractivity (Wildman–Crippen MR) is 123 cm³/mol. The van der Waals surface area contributed by atoms with Gasteiger partial charge in [0.05, 0.1) is 7.11 Å². The lowest BCUT2D eigenvalue weighted by atomic mass is 10.2. The molecular formula is C21H29IN4O2. The number of ether oxygens (including phenoxy) is 2. The van der Waals surface area contributed by atoms with Crippen LogP contribution < -0.4 is 20.1 Å².